The van der Waals surface area contributed by atoms with Crippen LogP contribution >= 0.6 is 0 Å². The molecule has 0 spiro atoms. The van der Waals surface area contributed by atoms with E-state index in [4.69, 9.17) is 8.83 Å². The molecule has 6 aromatic carbocycles. The molecule has 268 valence electrons. The second kappa shape index (κ2) is 19.4. The third-order valence-corrected chi connectivity index (χ3v) is 9.72. The number of hydrogen-bond donors (Lipinski definition) is 0. The van der Waals surface area contributed by atoms with Gasteiger partial charge in [0.15, 0.2) is 0 Å². The zero-order valence-electron chi connectivity index (χ0n) is 31.0. The smallest absolute Gasteiger partial charge is 1.00 e. The van der Waals surface area contributed by atoms with Gasteiger partial charge in [-0.25, -0.2) is 0 Å². The molecule has 2 heterocycles. The summed E-state index contributed by atoms with van der Waals surface area (Å²) in [5.41, 5.74) is 10.3. The van der Waals surface area contributed by atoms with Crippen molar-refractivity contribution in [1.82, 2.24) is 0 Å². The molecule has 0 radical (unpaired) electrons. The molecule has 0 unspecified atom stereocenters. The number of hydrogen-bond acceptors (Lipinski definition) is 2. The maximum absolute atomic E-state index is 5.80. The van der Waals surface area contributed by atoms with Crippen LogP contribution in [0.4, 0.5) is 0 Å². The molecule has 0 aliphatic rings. The van der Waals surface area contributed by atoms with Crippen LogP contribution < -0.4 is 24.8 Å². The third kappa shape index (κ3) is 9.82. The van der Waals surface area contributed by atoms with Crippen LogP contribution in [0.1, 0.15) is 62.2 Å². The van der Waals surface area contributed by atoms with Gasteiger partial charge in [-0.1, -0.05) is 122 Å². The average Bonchev–Trinajstić information content (AvgIpc) is 3.96. The first-order valence-electron chi connectivity index (χ1n) is 18.2. The molecule has 0 bridgehead atoms. The van der Waals surface area contributed by atoms with Crippen LogP contribution in [0.15, 0.2) is 142 Å². The van der Waals surface area contributed by atoms with Gasteiger partial charge in [0.2, 0.25) is 0 Å². The van der Waals surface area contributed by atoms with Crippen molar-refractivity contribution < 1.29 is 59.9 Å². The molecular weight excluding hydrogens is 771 g/mol. The van der Waals surface area contributed by atoms with Gasteiger partial charge in [0.05, 0.1) is 23.0 Å². The number of aryl methyl sites for hydroxylation is 4. The van der Waals surface area contributed by atoms with Crippen molar-refractivity contribution in [2.24, 2.45) is 0 Å². The van der Waals surface area contributed by atoms with Crippen LogP contribution in [0.2, 0.25) is 0 Å². The van der Waals surface area contributed by atoms with Crippen molar-refractivity contribution in [2.45, 2.75) is 66.2 Å². The Balaban J connectivity index is 0.000000224. The second-order valence-electron chi connectivity index (χ2n) is 13.5. The number of fused-ring (bicyclic) bond motifs is 2. The van der Waals surface area contributed by atoms with E-state index in [1.54, 1.807) is 0 Å². The molecule has 0 saturated heterocycles. The van der Waals surface area contributed by atoms with Crippen LogP contribution in [-0.2, 0) is 39.0 Å². The number of rotatable bonds is 10. The van der Waals surface area contributed by atoms with Gasteiger partial charge in [-0.05, 0) is 86.1 Å². The fourth-order valence-corrected chi connectivity index (χ4v) is 6.90. The van der Waals surface area contributed by atoms with Crippen LogP contribution in [0, 0.1) is 13.8 Å². The maximum Gasteiger partial charge on any atom is 4.00 e. The van der Waals surface area contributed by atoms with Crippen LogP contribution in [0.3, 0.4) is 0 Å². The van der Waals surface area contributed by atoms with Gasteiger partial charge in [0.25, 0.3) is 0 Å². The molecule has 0 atom stereocenters. The van der Waals surface area contributed by atoms with E-state index in [-0.39, 0.29) is 51.0 Å². The Morgan fingerprint density at radius 1 is 0.491 bits per heavy atom. The predicted octanol–water partition coefficient (Wildman–Crippen LogP) is 8.28. The van der Waals surface area contributed by atoms with Gasteiger partial charge in [-0.3, -0.25) is 0 Å². The fraction of sp³-hybridized carbons (Fsp3) is 0.208. The summed E-state index contributed by atoms with van der Waals surface area (Å²) in [5.74, 6) is 3.77. The Labute approximate surface area is 346 Å². The Kier molecular flexibility index (Phi) is 15.4. The van der Waals surface area contributed by atoms with Gasteiger partial charge in [-0.15, -0.1) is 57.9 Å². The van der Waals surface area contributed by atoms with E-state index in [1.165, 1.54) is 93.5 Å². The molecule has 2 nitrogen and oxygen atoms in total. The van der Waals surface area contributed by atoms with Crippen LogP contribution in [0.5, 0.6) is 0 Å². The number of furan rings is 2. The second-order valence-corrected chi connectivity index (χ2v) is 13.5. The standard InChI is InChI=1S/2C24H23O.2ClH.Zr/c2*1-3-4-6-18-10-12-19(13-11-18)22-8-5-7-20-15-21(16-23(20)22)24-14-9-17(2)25-24;;;/h2*5,7-16H,3-4,6H2,1-2H3;2*1H;/q2*-1;;;+4/p-2. The molecule has 0 saturated carbocycles. The molecule has 8 aromatic rings. The van der Waals surface area contributed by atoms with Crippen LogP contribution in [0.25, 0.3) is 66.4 Å². The van der Waals surface area contributed by atoms with Gasteiger partial charge < -0.3 is 33.6 Å². The molecule has 8 rings (SSSR count). The zero-order chi connectivity index (χ0) is 34.5. The summed E-state index contributed by atoms with van der Waals surface area (Å²) in [7, 11) is 0. The summed E-state index contributed by atoms with van der Waals surface area (Å²) >= 11 is 0. The van der Waals surface area contributed by atoms with Gasteiger partial charge in [0.1, 0.15) is 0 Å². The minimum Gasteiger partial charge on any atom is -1.00 e. The Morgan fingerprint density at radius 2 is 0.887 bits per heavy atom. The van der Waals surface area contributed by atoms with Crippen LogP contribution in [-0.4, -0.2) is 0 Å². The van der Waals surface area contributed by atoms with E-state index in [9.17, 15) is 0 Å². The van der Waals surface area contributed by atoms with Gasteiger partial charge in [-0.2, -0.15) is 0 Å². The van der Waals surface area contributed by atoms with E-state index in [1.807, 2.05) is 38.1 Å². The first-order chi connectivity index (χ1) is 24.5. The van der Waals surface area contributed by atoms with Crippen molar-refractivity contribution in [2.75, 3.05) is 0 Å². The maximum atomic E-state index is 5.80. The normalized spacial score (nSPS) is 10.6. The summed E-state index contributed by atoms with van der Waals surface area (Å²) in [6, 6.07) is 48.2. The third-order valence-electron chi connectivity index (χ3n) is 9.72. The minimum absolute atomic E-state index is 0. The quantitative estimate of drug-likeness (QED) is 0.130. The monoisotopic (exact) mass is 814 g/mol. The SMILES string of the molecule is CCCCc1ccc(-c2cccc3[cH-]c(-c4ccc(C)o4)cc23)cc1.CCCCc1ccc(-c2cccc3[cH-]c(-c4ccc(C)o4)cc23)cc1.[Cl-].[Cl-].[Zr+4]. The number of unbranched alkanes of at least 4 members (excludes halogenated alkanes) is 2. The predicted molar refractivity (Wildman–Crippen MR) is 212 cm³/mol. The summed E-state index contributed by atoms with van der Waals surface area (Å²) in [4.78, 5) is 0. The molecule has 53 heavy (non-hydrogen) atoms. The Hall–Kier alpha value is -3.88. The molecule has 0 fully saturated rings. The molecule has 0 N–H and O–H groups in total. The molecule has 0 aliphatic heterocycles. The summed E-state index contributed by atoms with van der Waals surface area (Å²) in [6.45, 7) is 8.44. The Bertz CT molecular complexity index is 2150. The summed E-state index contributed by atoms with van der Waals surface area (Å²) in [6.07, 6.45) is 7.32. The largest absolute Gasteiger partial charge is 4.00 e. The first kappa shape index (κ1) is 41.9. The van der Waals surface area contributed by atoms with E-state index in [2.05, 4.69) is 123 Å². The number of halogens is 2. The van der Waals surface area contributed by atoms with E-state index >= 15 is 0 Å². The van der Waals surface area contributed by atoms with E-state index < -0.39 is 0 Å². The average molecular weight is 817 g/mol. The topological polar surface area (TPSA) is 26.3 Å². The van der Waals surface area contributed by atoms with Crippen molar-refractivity contribution >= 4 is 21.5 Å². The molecule has 0 amide bonds. The molecule has 0 aliphatic carbocycles. The first-order valence-corrected chi connectivity index (χ1v) is 18.2. The van der Waals surface area contributed by atoms with Gasteiger partial charge in [0, 0.05) is 0 Å². The van der Waals surface area contributed by atoms with Crippen molar-refractivity contribution in [3.63, 3.8) is 0 Å². The van der Waals surface area contributed by atoms with Crippen molar-refractivity contribution in [3.05, 3.63) is 156 Å². The van der Waals surface area contributed by atoms with Gasteiger partial charge >= 0.3 is 26.2 Å². The summed E-state index contributed by atoms with van der Waals surface area (Å²) in [5, 5.41) is 5.09. The molecule has 5 heteroatoms. The molecular formula is C48H46Cl2O2Zr. The van der Waals surface area contributed by atoms with Crippen molar-refractivity contribution in [1.29, 1.82) is 0 Å². The van der Waals surface area contributed by atoms with Crippen molar-refractivity contribution in [3.8, 4) is 44.9 Å². The van der Waals surface area contributed by atoms with E-state index in [0.717, 1.165) is 34.2 Å². The summed E-state index contributed by atoms with van der Waals surface area (Å²) < 4.78 is 11.6. The fourth-order valence-electron chi connectivity index (χ4n) is 6.90. The zero-order valence-corrected chi connectivity index (χ0v) is 35.0. The Morgan fingerprint density at radius 3 is 1.23 bits per heavy atom. The minimum atomic E-state index is 0. The van der Waals surface area contributed by atoms with E-state index in [0.29, 0.717) is 0 Å². The molecule has 2 aromatic heterocycles. The number of benzene rings is 4.